The first-order valence-corrected chi connectivity index (χ1v) is 9.66. The summed E-state index contributed by atoms with van der Waals surface area (Å²) in [5.41, 5.74) is 1.27. The molecule has 1 saturated heterocycles. The molecule has 0 aromatic heterocycles. The van der Waals surface area contributed by atoms with Crippen LogP contribution in [0.2, 0.25) is 0 Å². The van der Waals surface area contributed by atoms with Gasteiger partial charge in [0.1, 0.15) is 5.75 Å². The van der Waals surface area contributed by atoms with Gasteiger partial charge in [-0.2, -0.15) is 0 Å². The van der Waals surface area contributed by atoms with E-state index in [1.807, 2.05) is 11.0 Å². The Kier molecular flexibility index (Phi) is 4.86. The minimum absolute atomic E-state index is 0.0269. The van der Waals surface area contributed by atoms with E-state index >= 15 is 0 Å². The van der Waals surface area contributed by atoms with Gasteiger partial charge in [0.15, 0.2) is 0 Å². The molecule has 2 aliphatic carbocycles. The van der Waals surface area contributed by atoms with Crippen LogP contribution in [0.5, 0.6) is 5.75 Å². The van der Waals surface area contributed by atoms with Crippen LogP contribution in [-0.4, -0.2) is 49.5 Å². The molecule has 3 fully saturated rings. The van der Waals surface area contributed by atoms with Gasteiger partial charge < -0.3 is 19.7 Å². The molecule has 158 valence electrons. The van der Waals surface area contributed by atoms with Crippen molar-refractivity contribution in [3.63, 3.8) is 0 Å². The van der Waals surface area contributed by atoms with Crippen LogP contribution in [0.1, 0.15) is 29.9 Å². The number of carbonyl (C=O) groups is 2. The number of likely N-dealkylation sites (tertiary alicyclic amines) is 1. The van der Waals surface area contributed by atoms with Gasteiger partial charge in [0.05, 0.1) is 7.11 Å². The average molecular weight is 412 g/mol. The maximum absolute atomic E-state index is 12.6. The summed E-state index contributed by atoms with van der Waals surface area (Å²) in [4.78, 5) is 25.7. The van der Waals surface area contributed by atoms with Gasteiger partial charge in [-0.1, -0.05) is 12.1 Å². The van der Waals surface area contributed by atoms with Gasteiger partial charge in [-0.25, -0.2) is 4.79 Å². The van der Waals surface area contributed by atoms with Gasteiger partial charge in [-0.3, -0.25) is 4.79 Å². The van der Waals surface area contributed by atoms with Crippen LogP contribution < -0.4 is 10.1 Å². The summed E-state index contributed by atoms with van der Waals surface area (Å²) in [5, 5.41) is 2.69. The minimum Gasteiger partial charge on any atom is -0.453 e. The molecule has 2 unspecified atom stereocenters. The normalized spacial score (nSPS) is 30.2. The van der Waals surface area contributed by atoms with Gasteiger partial charge in [0.25, 0.3) is 0 Å². The van der Waals surface area contributed by atoms with Crippen LogP contribution in [0.4, 0.5) is 18.0 Å². The Morgan fingerprint density at radius 2 is 1.83 bits per heavy atom. The Labute approximate surface area is 166 Å². The van der Waals surface area contributed by atoms with E-state index in [9.17, 15) is 22.8 Å². The van der Waals surface area contributed by atoms with E-state index in [1.54, 1.807) is 13.0 Å². The first-order valence-electron chi connectivity index (χ1n) is 9.66. The number of carbonyl (C=O) groups excluding carboxylic acids is 2. The van der Waals surface area contributed by atoms with Crippen LogP contribution in [-0.2, 0) is 9.53 Å². The first kappa shape index (κ1) is 19.8. The van der Waals surface area contributed by atoms with E-state index in [2.05, 4.69) is 14.8 Å². The molecule has 0 spiro atoms. The number of alkyl carbamates (subject to hydrolysis) is 1. The van der Waals surface area contributed by atoms with Crippen LogP contribution >= 0.6 is 0 Å². The number of halogens is 3. The number of ether oxygens (including phenoxy) is 2. The highest BCUT2D eigenvalue weighted by Gasteiger charge is 2.58. The van der Waals surface area contributed by atoms with Gasteiger partial charge in [-0.05, 0) is 54.7 Å². The smallest absolute Gasteiger partial charge is 0.453 e. The fourth-order valence-corrected chi connectivity index (χ4v) is 4.68. The van der Waals surface area contributed by atoms with Crippen LogP contribution in [0.15, 0.2) is 18.2 Å². The summed E-state index contributed by atoms with van der Waals surface area (Å²) in [5.74, 6) is 0.592. The highest BCUT2D eigenvalue weighted by Crippen LogP contribution is 2.59. The molecule has 2 atom stereocenters. The largest absolute Gasteiger partial charge is 0.573 e. The quantitative estimate of drug-likeness (QED) is 0.825. The van der Waals surface area contributed by atoms with Crippen molar-refractivity contribution in [2.75, 3.05) is 20.2 Å². The van der Waals surface area contributed by atoms with Gasteiger partial charge in [0, 0.05) is 25.0 Å². The molecule has 29 heavy (non-hydrogen) atoms. The molecular formula is C20H23F3N2O4. The number of rotatable bonds is 4. The maximum atomic E-state index is 12.6. The fourth-order valence-electron chi connectivity index (χ4n) is 4.68. The molecule has 0 bridgehead atoms. The van der Waals surface area contributed by atoms with Crippen molar-refractivity contribution in [2.45, 2.75) is 38.1 Å². The molecule has 3 aliphatic rings. The van der Waals surface area contributed by atoms with Gasteiger partial charge in [0.2, 0.25) is 5.91 Å². The molecule has 1 aliphatic heterocycles. The Morgan fingerprint density at radius 3 is 2.41 bits per heavy atom. The summed E-state index contributed by atoms with van der Waals surface area (Å²) in [7, 11) is 1.30. The Hall–Kier alpha value is -2.45. The molecule has 1 aromatic rings. The minimum atomic E-state index is -4.71. The van der Waals surface area contributed by atoms with Crippen molar-refractivity contribution in [1.82, 2.24) is 10.2 Å². The number of hydrogen-bond acceptors (Lipinski definition) is 4. The molecular weight excluding hydrogens is 389 g/mol. The van der Waals surface area contributed by atoms with Gasteiger partial charge in [-0.15, -0.1) is 13.2 Å². The third-order valence-electron chi connectivity index (χ3n) is 6.32. The molecule has 2 amide bonds. The number of aryl methyl sites for hydroxylation is 1. The lowest BCUT2D eigenvalue weighted by Crippen LogP contribution is -2.50. The van der Waals surface area contributed by atoms with Crippen molar-refractivity contribution in [3.05, 3.63) is 29.3 Å². The third kappa shape index (κ3) is 4.00. The average Bonchev–Trinajstić information content (AvgIpc) is 3.10. The van der Waals surface area contributed by atoms with Crippen molar-refractivity contribution in [1.29, 1.82) is 0 Å². The van der Waals surface area contributed by atoms with E-state index < -0.39 is 12.5 Å². The van der Waals surface area contributed by atoms with E-state index in [1.165, 1.54) is 13.2 Å². The fraction of sp³-hybridized carbons (Fsp3) is 0.600. The number of hydrogen-bond donors (Lipinski definition) is 1. The van der Waals surface area contributed by atoms with Crippen LogP contribution in [0, 0.1) is 24.7 Å². The Balaban J connectivity index is 1.30. The second kappa shape index (κ2) is 7.11. The topological polar surface area (TPSA) is 67.9 Å². The van der Waals surface area contributed by atoms with E-state index in [0.717, 1.165) is 5.56 Å². The Morgan fingerprint density at radius 1 is 1.17 bits per heavy atom. The molecule has 0 radical (unpaired) electrons. The van der Waals surface area contributed by atoms with Gasteiger partial charge >= 0.3 is 12.5 Å². The van der Waals surface area contributed by atoms with Crippen LogP contribution in [0.25, 0.3) is 0 Å². The standard InChI is InChI=1S/C20H23F3N2O4/c1-10-3-4-11(7-16(10)29-20(21,22)23)17-14-8-25(9-15(14)17)18(26)12-5-13(6-12)24-19(27)28-2/h3-4,7,12-15,17H,5-6,8-9H2,1-2H3,(H,24,27). The first-order chi connectivity index (χ1) is 13.7. The summed E-state index contributed by atoms with van der Waals surface area (Å²) >= 11 is 0. The zero-order chi connectivity index (χ0) is 20.9. The molecule has 2 saturated carbocycles. The number of amides is 2. The number of benzene rings is 1. The predicted octanol–water partition coefficient (Wildman–Crippen LogP) is 3.20. The van der Waals surface area contributed by atoms with Crippen molar-refractivity contribution in [2.24, 2.45) is 17.8 Å². The SMILES string of the molecule is COC(=O)NC1CC(C(=O)N2CC3C(C2)C3c2ccc(C)c(OC(F)(F)F)c2)C1. The summed E-state index contributed by atoms with van der Waals surface area (Å²) in [6.45, 7) is 2.84. The lowest BCUT2D eigenvalue weighted by atomic mass is 9.79. The van der Waals surface area contributed by atoms with Crippen molar-refractivity contribution < 1.29 is 32.2 Å². The second-order valence-electron chi connectivity index (χ2n) is 8.17. The van der Waals surface area contributed by atoms with E-state index in [0.29, 0.717) is 31.5 Å². The number of alkyl halides is 3. The number of nitrogens with zero attached hydrogens (tertiary/aromatic N) is 1. The van der Waals surface area contributed by atoms with E-state index in [4.69, 9.17) is 0 Å². The molecule has 9 heteroatoms. The molecule has 4 rings (SSSR count). The highest BCUT2D eigenvalue weighted by molar-refractivity contribution is 5.81. The summed E-state index contributed by atoms with van der Waals surface area (Å²) < 4.78 is 46.4. The van der Waals surface area contributed by atoms with Crippen molar-refractivity contribution >= 4 is 12.0 Å². The Bertz CT molecular complexity index is 810. The lowest BCUT2D eigenvalue weighted by Gasteiger charge is -2.37. The third-order valence-corrected chi connectivity index (χ3v) is 6.32. The number of methoxy groups -OCH3 is 1. The van der Waals surface area contributed by atoms with E-state index in [-0.39, 0.29) is 41.4 Å². The second-order valence-corrected chi connectivity index (χ2v) is 8.17. The number of fused-ring (bicyclic) bond motifs is 1. The zero-order valence-corrected chi connectivity index (χ0v) is 16.2. The molecule has 6 nitrogen and oxygen atoms in total. The monoisotopic (exact) mass is 412 g/mol. The molecule has 1 N–H and O–H groups in total. The maximum Gasteiger partial charge on any atom is 0.573 e. The number of piperidine rings is 1. The molecule has 1 heterocycles. The highest BCUT2D eigenvalue weighted by atomic mass is 19.4. The zero-order valence-electron chi connectivity index (χ0n) is 16.2. The predicted molar refractivity (Wildman–Crippen MR) is 96.2 cm³/mol. The summed E-state index contributed by atoms with van der Waals surface area (Å²) in [6, 6.07) is 4.95. The van der Waals surface area contributed by atoms with Crippen molar-refractivity contribution in [3.8, 4) is 5.75 Å². The number of nitrogens with one attached hydrogen (secondary N) is 1. The van der Waals surface area contributed by atoms with Crippen LogP contribution in [0.3, 0.4) is 0 Å². The lowest BCUT2D eigenvalue weighted by molar-refractivity contribution is -0.274. The molecule has 1 aromatic carbocycles. The summed E-state index contributed by atoms with van der Waals surface area (Å²) in [6.07, 6.45) is -3.98.